The Kier molecular flexibility index (Phi) is 5.66. The third-order valence-corrected chi connectivity index (χ3v) is 6.40. The smallest absolute Gasteiger partial charge is 0.335 e. The third-order valence-electron chi connectivity index (χ3n) is 6.40. The summed E-state index contributed by atoms with van der Waals surface area (Å²) < 4.78 is 4.91. The SMILES string of the molecule is O=C1C=C(C(=O)O)C(c2ccccc2)O1.c1ccc2c(c1)ccc1c3c(ccc12)CCCC3. The minimum absolute atomic E-state index is 0.0220. The van der Waals surface area contributed by atoms with Gasteiger partial charge in [-0.1, -0.05) is 78.9 Å². The number of carboxylic acids is 1. The molecule has 1 aliphatic carbocycles. The first-order valence-electron chi connectivity index (χ1n) is 11.2. The van der Waals surface area contributed by atoms with E-state index in [-0.39, 0.29) is 5.57 Å². The van der Waals surface area contributed by atoms with Gasteiger partial charge in [-0.2, -0.15) is 0 Å². The molecule has 0 radical (unpaired) electrons. The Hall–Kier alpha value is -3.92. The fourth-order valence-electron chi connectivity index (χ4n) is 4.81. The number of aliphatic carboxylic acids is 1. The number of benzene rings is 4. The summed E-state index contributed by atoms with van der Waals surface area (Å²) >= 11 is 0. The predicted octanol–water partition coefficient (Wildman–Crippen LogP) is 6.17. The van der Waals surface area contributed by atoms with Crippen LogP contribution in [0.5, 0.6) is 0 Å². The molecule has 2 aliphatic rings. The Morgan fingerprint density at radius 1 is 0.788 bits per heavy atom. The van der Waals surface area contributed by atoms with Crippen molar-refractivity contribution in [2.45, 2.75) is 31.8 Å². The molecule has 4 heteroatoms. The topological polar surface area (TPSA) is 63.6 Å². The third kappa shape index (κ3) is 4.12. The molecule has 1 atom stereocenters. The van der Waals surface area contributed by atoms with Crippen LogP contribution in [0.4, 0.5) is 0 Å². The number of esters is 1. The van der Waals surface area contributed by atoms with Crippen molar-refractivity contribution < 1.29 is 19.4 Å². The molecule has 4 aromatic carbocycles. The number of rotatable bonds is 2. The summed E-state index contributed by atoms with van der Waals surface area (Å²) in [5.41, 5.74) is 3.82. The van der Waals surface area contributed by atoms with Gasteiger partial charge in [0.15, 0.2) is 6.10 Å². The highest BCUT2D eigenvalue weighted by Gasteiger charge is 2.32. The largest absolute Gasteiger partial charge is 0.478 e. The van der Waals surface area contributed by atoms with E-state index in [1.165, 1.54) is 47.2 Å². The van der Waals surface area contributed by atoms with Gasteiger partial charge in [0.25, 0.3) is 0 Å². The molecular weight excluding hydrogens is 412 g/mol. The molecule has 0 spiro atoms. The Morgan fingerprint density at radius 3 is 2.33 bits per heavy atom. The highest BCUT2D eigenvalue weighted by molar-refractivity contribution is 6.08. The lowest BCUT2D eigenvalue weighted by atomic mass is 9.86. The van der Waals surface area contributed by atoms with Gasteiger partial charge < -0.3 is 9.84 Å². The normalized spacial score (nSPS) is 17.0. The van der Waals surface area contributed by atoms with Crippen molar-refractivity contribution in [1.82, 2.24) is 0 Å². The summed E-state index contributed by atoms with van der Waals surface area (Å²) in [5.74, 6) is -1.74. The van der Waals surface area contributed by atoms with E-state index in [2.05, 4.69) is 48.5 Å². The lowest BCUT2D eigenvalue weighted by Crippen LogP contribution is -2.09. The van der Waals surface area contributed by atoms with Gasteiger partial charge in [0, 0.05) is 6.08 Å². The molecule has 0 aromatic heterocycles. The van der Waals surface area contributed by atoms with E-state index in [0.717, 1.165) is 6.08 Å². The summed E-state index contributed by atoms with van der Waals surface area (Å²) in [6.45, 7) is 0. The van der Waals surface area contributed by atoms with E-state index >= 15 is 0 Å². The molecule has 0 fully saturated rings. The molecule has 1 heterocycles. The fraction of sp³-hybridized carbons (Fsp3) is 0.172. The second kappa shape index (κ2) is 8.91. The average Bonchev–Trinajstić information content (AvgIpc) is 3.27. The van der Waals surface area contributed by atoms with Gasteiger partial charge in [0.2, 0.25) is 0 Å². The van der Waals surface area contributed by atoms with Crippen LogP contribution in [0.25, 0.3) is 21.5 Å². The van der Waals surface area contributed by atoms with Crippen molar-refractivity contribution >= 4 is 33.5 Å². The molecule has 33 heavy (non-hydrogen) atoms. The van der Waals surface area contributed by atoms with Crippen LogP contribution in [-0.2, 0) is 27.2 Å². The molecule has 4 nitrogen and oxygen atoms in total. The second-order valence-electron chi connectivity index (χ2n) is 8.42. The number of hydrogen-bond acceptors (Lipinski definition) is 3. The van der Waals surface area contributed by atoms with Crippen molar-refractivity contribution in [1.29, 1.82) is 0 Å². The Labute approximate surface area is 192 Å². The van der Waals surface area contributed by atoms with Crippen LogP contribution in [0.1, 0.15) is 35.6 Å². The molecular formula is C29H24O4. The summed E-state index contributed by atoms with van der Waals surface area (Å²) in [5, 5.41) is 14.5. The van der Waals surface area contributed by atoms with Crippen molar-refractivity contribution in [3.05, 3.63) is 107 Å². The predicted molar refractivity (Wildman–Crippen MR) is 129 cm³/mol. The van der Waals surface area contributed by atoms with E-state index in [0.29, 0.717) is 5.56 Å². The maximum atomic E-state index is 11.0. The zero-order chi connectivity index (χ0) is 22.8. The molecule has 6 rings (SSSR count). The van der Waals surface area contributed by atoms with Gasteiger partial charge in [-0.05, 0) is 63.9 Å². The highest BCUT2D eigenvalue weighted by atomic mass is 16.5. The van der Waals surface area contributed by atoms with Crippen molar-refractivity contribution in [3.63, 3.8) is 0 Å². The molecule has 1 unspecified atom stereocenters. The average molecular weight is 437 g/mol. The molecule has 1 aliphatic heterocycles. The molecule has 0 bridgehead atoms. The van der Waals surface area contributed by atoms with Gasteiger partial charge in [0.05, 0.1) is 5.57 Å². The second-order valence-corrected chi connectivity index (χ2v) is 8.42. The van der Waals surface area contributed by atoms with E-state index < -0.39 is 18.0 Å². The molecule has 164 valence electrons. The number of ether oxygens (including phenoxy) is 1. The zero-order valence-corrected chi connectivity index (χ0v) is 18.2. The highest BCUT2D eigenvalue weighted by Crippen LogP contribution is 2.33. The molecule has 0 saturated heterocycles. The van der Waals surface area contributed by atoms with Gasteiger partial charge in [0.1, 0.15) is 0 Å². The first-order valence-corrected chi connectivity index (χ1v) is 11.2. The lowest BCUT2D eigenvalue weighted by Gasteiger charge is -2.18. The maximum Gasteiger partial charge on any atom is 0.335 e. The van der Waals surface area contributed by atoms with Gasteiger partial charge >= 0.3 is 11.9 Å². The van der Waals surface area contributed by atoms with Crippen LogP contribution in [0.15, 0.2) is 90.5 Å². The van der Waals surface area contributed by atoms with Crippen LogP contribution in [0.2, 0.25) is 0 Å². The molecule has 1 N–H and O–H groups in total. The Bertz CT molecular complexity index is 1390. The monoisotopic (exact) mass is 436 g/mol. The van der Waals surface area contributed by atoms with E-state index in [4.69, 9.17) is 9.84 Å². The van der Waals surface area contributed by atoms with Crippen LogP contribution >= 0.6 is 0 Å². The van der Waals surface area contributed by atoms with Gasteiger partial charge in [-0.3, -0.25) is 0 Å². The van der Waals surface area contributed by atoms with Crippen molar-refractivity contribution in [2.75, 3.05) is 0 Å². The van der Waals surface area contributed by atoms with Gasteiger partial charge in [-0.25, -0.2) is 9.59 Å². The number of cyclic esters (lactones) is 1. The number of carbonyl (C=O) groups is 2. The van der Waals surface area contributed by atoms with Crippen LogP contribution < -0.4 is 0 Å². The summed E-state index contributed by atoms with van der Waals surface area (Å²) in [4.78, 5) is 21.8. The lowest BCUT2D eigenvalue weighted by molar-refractivity contribution is -0.140. The standard InChI is InChI=1S/C18H16.C11H8O4/c1-3-7-15-13(5-1)9-11-18-16-8-4-2-6-14(16)10-12-17(15)18;12-9-6-8(11(13)14)10(15-9)7-4-2-1-3-5-7/h1,3,5,7,9-12H,2,4,6,8H2;1-6,10H,(H,13,14). The van der Waals surface area contributed by atoms with Crippen molar-refractivity contribution in [3.8, 4) is 0 Å². The zero-order valence-electron chi connectivity index (χ0n) is 18.2. The number of carbonyl (C=O) groups excluding carboxylic acids is 1. The molecule has 4 aromatic rings. The molecule has 0 amide bonds. The maximum absolute atomic E-state index is 11.0. The van der Waals surface area contributed by atoms with E-state index in [9.17, 15) is 9.59 Å². The Balaban J connectivity index is 0.000000141. The van der Waals surface area contributed by atoms with Crippen LogP contribution in [-0.4, -0.2) is 17.0 Å². The first kappa shape index (κ1) is 21.0. The number of fused-ring (bicyclic) bond motifs is 5. The van der Waals surface area contributed by atoms with E-state index in [1.807, 2.05) is 6.07 Å². The van der Waals surface area contributed by atoms with Crippen molar-refractivity contribution in [2.24, 2.45) is 0 Å². The number of hydrogen-bond donors (Lipinski definition) is 1. The quantitative estimate of drug-likeness (QED) is 0.302. The van der Waals surface area contributed by atoms with Gasteiger partial charge in [-0.15, -0.1) is 0 Å². The minimum atomic E-state index is -1.13. The van der Waals surface area contributed by atoms with E-state index in [1.54, 1.807) is 35.4 Å². The summed E-state index contributed by atoms with van der Waals surface area (Å²) in [7, 11) is 0. The first-order chi connectivity index (χ1) is 16.1. The van der Waals surface area contributed by atoms with Crippen LogP contribution in [0.3, 0.4) is 0 Å². The van der Waals surface area contributed by atoms with Crippen LogP contribution in [0, 0.1) is 0 Å². The fourth-order valence-corrected chi connectivity index (χ4v) is 4.81. The minimum Gasteiger partial charge on any atom is -0.478 e. The summed E-state index contributed by atoms with van der Waals surface area (Å²) in [6, 6.07) is 26.8. The Morgan fingerprint density at radius 2 is 1.52 bits per heavy atom. The number of aryl methyl sites for hydroxylation is 2. The summed E-state index contributed by atoms with van der Waals surface area (Å²) in [6.07, 6.45) is 5.45. The molecule has 0 saturated carbocycles. The number of carboxylic acid groups (broad SMARTS) is 1.